The number of methoxy groups -OCH3 is 1. The van der Waals surface area contributed by atoms with E-state index < -0.39 is 0 Å². The Hall–Kier alpha value is -1.02. The van der Waals surface area contributed by atoms with Crippen molar-refractivity contribution in [1.29, 1.82) is 0 Å². The lowest BCUT2D eigenvalue weighted by Gasteiger charge is -2.37. The van der Waals surface area contributed by atoms with Gasteiger partial charge in [-0.05, 0) is 49.4 Å². The minimum absolute atomic E-state index is 0.448. The van der Waals surface area contributed by atoms with E-state index in [9.17, 15) is 0 Å². The van der Waals surface area contributed by atoms with Crippen LogP contribution < -0.4 is 10.1 Å². The topological polar surface area (TPSA) is 21.3 Å². The van der Waals surface area contributed by atoms with Crippen molar-refractivity contribution < 1.29 is 4.74 Å². The Labute approximate surface area is 111 Å². The molecule has 1 aliphatic rings. The van der Waals surface area contributed by atoms with E-state index in [0.29, 0.717) is 11.5 Å². The molecule has 1 aromatic rings. The van der Waals surface area contributed by atoms with E-state index in [2.05, 4.69) is 43.6 Å². The van der Waals surface area contributed by atoms with Crippen LogP contribution in [0, 0.1) is 5.41 Å². The molecule has 0 saturated heterocycles. The van der Waals surface area contributed by atoms with Gasteiger partial charge < -0.3 is 10.1 Å². The molecule has 100 valence electrons. The fourth-order valence-electron chi connectivity index (χ4n) is 3.55. The van der Waals surface area contributed by atoms with Crippen LogP contribution in [0.15, 0.2) is 24.3 Å². The standard InChI is InChI=1S/C16H25NO/c1-4-16(11-5-6-12-16)15(17-2)13-7-9-14(18-3)10-8-13/h7-10,15,17H,4-6,11-12H2,1-3H3. The zero-order chi connectivity index (χ0) is 13.0. The predicted octanol–water partition coefficient (Wildman–Crippen LogP) is 3.93. The number of ether oxygens (including phenoxy) is 1. The summed E-state index contributed by atoms with van der Waals surface area (Å²) in [4.78, 5) is 0. The van der Waals surface area contributed by atoms with Gasteiger partial charge >= 0.3 is 0 Å². The molecule has 18 heavy (non-hydrogen) atoms. The van der Waals surface area contributed by atoms with Gasteiger partial charge in [-0.25, -0.2) is 0 Å². The average molecular weight is 247 g/mol. The first-order chi connectivity index (χ1) is 8.75. The monoisotopic (exact) mass is 247 g/mol. The van der Waals surface area contributed by atoms with Gasteiger partial charge in [-0.3, -0.25) is 0 Å². The molecule has 1 unspecified atom stereocenters. The molecule has 2 rings (SSSR count). The van der Waals surface area contributed by atoms with Crippen molar-refractivity contribution in [3.63, 3.8) is 0 Å². The number of benzene rings is 1. The first-order valence-electron chi connectivity index (χ1n) is 7.07. The van der Waals surface area contributed by atoms with Crippen LogP contribution in [0.3, 0.4) is 0 Å². The molecule has 1 fully saturated rings. The summed E-state index contributed by atoms with van der Waals surface area (Å²) in [7, 11) is 3.81. The SMILES string of the molecule is CCC1(C(NC)c2ccc(OC)cc2)CCCC1. The molecular formula is C16H25NO. The lowest BCUT2D eigenvalue weighted by molar-refractivity contribution is 0.195. The molecule has 0 amide bonds. The van der Waals surface area contributed by atoms with Crippen LogP contribution in [-0.2, 0) is 0 Å². The van der Waals surface area contributed by atoms with E-state index in [4.69, 9.17) is 4.74 Å². The molecule has 0 radical (unpaired) electrons. The molecular weight excluding hydrogens is 222 g/mol. The summed E-state index contributed by atoms with van der Waals surface area (Å²) >= 11 is 0. The maximum Gasteiger partial charge on any atom is 0.118 e. The minimum Gasteiger partial charge on any atom is -0.497 e. The van der Waals surface area contributed by atoms with Crippen molar-refractivity contribution in [3.05, 3.63) is 29.8 Å². The van der Waals surface area contributed by atoms with E-state index in [1.54, 1.807) is 7.11 Å². The third-order valence-corrected chi connectivity index (χ3v) is 4.65. The lowest BCUT2D eigenvalue weighted by Crippen LogP contribution is -2.34. The van der Waals surface area contributed by atoms with Crippen molar-refractivity contribution in [2.75, 3.05) is 14.2 Å². The molecule has 0 aliphatic heterocycles. The molecule has 1 N–H and O–H groups in total. The van der Waals surface area contributed by atoms with E-state index in [1.165, 1.54) is 37.7 Å². The second-order valence-electron chi connectivity index (χ2n) is 5.42. The lowest BCUT2D eigenvalue weighted by atomic mass is 9.73. The molecule has 1 saturated carbocycles. The zero-order valence-electron chi connectivity index (χ0n) is 11.8. The Kier molecular flexibility index (Phi) is 4.28. The molecule has 0 spiro atoms. The summed E-state index contributed by atoms with van der Waals surface area (Å²) in [5, 5.41) is 3.55. The molecule has 2 nitrogen and oxygen atoms in total. The predicted molar refractivity (Wildman–Crippen MR) is 76.0 cm³/mol. The van der Waals surface area contributed by atoms with Crippen molar-refractivity contribution in [2.45, 2.75) is 45.1 Å². The summed E-state index contributed by atoms with van der Waals surface area (Å²) in [5.74, 6) is 0.936. The summed E-state index contributed by atoms with van der Waals surface area (Å²) in [5.41, 5.74) is 1.84. The fourth-order valence-corrected chi connectivity index (χ4v) is 3.55. The first kappa shape index (κ1) is 13.4. The summed E-state index contributed by atoms with van der Waals surface area (Å²) in [6.45, 7) is 2.33. The second-order valence-corrected chi connectivity index (χ2v) is 5.42. The molecule has 1 atom stereocenters. The summed E-state index contributed by atoms with van der Waals surface area (Å²) in [6, 6.07) is 9.01. The van der Waals surface area contributed by atoms with Crippen LogP contribution in [0.1, 0.15) is 50.6 Å². The van der Waals surface area contributed by atoms with Crippen LogP contribution in [-0.4, -0.2) is 14.2 Å². The average Bonchev–Trinajstić information content (AvgIpc) is 2.90. The van der Waals surface area contributed by atoms with Crippen molar-refractivity contribution in [1.82, 2.24) is 5.32 Å². The van der Waals surface area contributed by atoms with Crippen LogP contribution in [0.25, 0.3) is 0 Å². The van der Waals surface area contributed by atoms with E-state index in [-0.39, 0.29) is 0 Å². The Balaban J connectivity index is 2.26. The maximum atomic E-state index is 5.24. The van der Waals surface area contributed by atoms with Gasteiger partial charge in [-0.1, -0.05) is 31.9 Å². The van der Waals surface area contributed by atoms with Gasteiger partial charge in [0.1, 0.15) is 5.75 Å². The maximum absolute atomic E-state index is 5.24. The van der Waals surface area contributed by atoms with E-state index in [1.807, 2.05) is 0 Å². The first-order valence-corrected chi connectivity index (χ1v) is 7.07. The Bertz CT molecular complexity index is 365. The smallest absolute Gasteiger partial charge is 0.118 e. The van der Waals surface area contributed by atoms with Crippen LogP contribution >= 0.6 is 0 Å². The quantitative estimate of drug-likeness (QED) is 0.851. The van der Waals surface area contributed by atoms with Gasteiger partial charge in [-0.15, -0.1) is 0 Å². The molecule has 0 bridgehead atoms. The highest BCUT2D eigenvalue weighted by Gasteiger charge is 2.39. The third-order valence-electron chi connectivity index (χ3n) is 4.65. The Morgan fingerprint density at radius 2 is 1.83 bits per heavy atom. The van der Waals surface area contributed by atoms with Crippen molar-refractivity contribution in [3.8, 4) is 5.75 Å². The Morgan fingerprint density at radius 3 is 2.28 bits per heavy atom. The second kappa shape index (κ2) is 5.75. The number of rotatable bonds is 5. The molecule has 0 heterocycles. The van der Waals surface area contributed by atoms with Crippen molar-refractivity contribution >= 4 is 0 Å². The Morgan fingerprint density at radius 1 is 1.22 bits per heavy atom. The summed E-state index contributed by atoms with van der Waals surface area (Å²) in [6.07, 6.45) is 6.71. The molecule has 1 aromatic carbocycles. The highest BCUT2D eigenvalue weighted by Crippen LogP contribution is 2.49. The third kappa shape index (κ3) is 2.39. The highest BCUT2D eigenvalue weighted by atomic mass is 16.5. The molecule has 2 heteroatoms. The van der Waals surface area contributed by atoms with Crippen LogP contribution in [0.4, 0.5) is 0 Å². The van der Waals surface area contributed by atoms with E-state index in [0.717, 1.165) is 5.75 Å². The normalized spacial score (nSPS) is 19.7. The van der Waals surface area contributed by atoms with Crippen molar-refractivity contribution in [2.24, 2.45) is 5.41 Å². The zero-order valence-corrected chi connectivity index (χ0v) is 11.8. The number of hydrogen-bond acceptors (Lipinski definition) is 2. The van der Waals surface area contributed by atoms with E-state index >= 15 is 0 Å². The highest BCUT2D eigenvalue weighted by molar-refractivity contribution is 5.30. The van der Waals surface area contributed by atoms with Crippen LogP contribution in [0.2, 0.25) is 0 Å². The number of hydrogen-bond donors (Lipinski definition) is 1. The molecule has 0 aromatic heterocycles. The fraction of sp³-hybridized carbons (Fsp3) is 0.625. The van der Waals surface area contributed by atoms with Gasteiger partial charge in [0.15, 0.2) is 0 Å². The van der Waals surface area contributed by atoms with Gasteiger partial charge in [0.25, 0.3) is 0 Å². The van der Waals surface area contributed by atoms with Crippen LogP contribution in [0.5, 0.6) is 5.75 Å². The van der Waals surface area contributed by atoms with Gasteiger partial charge in [0, 0.05) is 6.04 Å². The molecule has 1 aliphatic carbocycles. The van der Waals surface area contributed by atoms with Gasteiger partial charge in [-0.2, -0.15) is 0 Å². The minimum atomic E-state index is 0.448. The largest absolute Gasteiger partial charge is 0.497 e. The van der Waals surface area contributed by atoms with Gasteiger partial charge in [0.2, 0.25) is 0 Å². The number of nitrogens with one attached hydrogen (secondary N) is 1. The van der Waals surface area contributed by atoms with Gasteiger partial charge in [0.05, 0.1) is 7.11 Å². The summed E-state index contributed by atoms with van der Waals surface area (Å²) < 4.78 is 5.24.